The fourth-order valence-corrected chi connectivity index (χ4v) is 2.35. The summed E-state index contributed by atoms with van der Waals surface area (Å²) >= 11 is 0. The van der Waals surface area contributed by atoms with E-state index in [9.17, 15) is 9.90 Å². The van der Waals surface area contributed by atoms with Gasteiger partial charge in [-0.1, -0.05) is 27.7 Å². The SMILES string of the molecule is CC(C)C(N)CC(=O)NCC1(O)CCC(C)(C)CC1. The number of rotatable bonds is 5. The van der Waals surface area contributed by atoms with Gasteiger partial charge >= 0.3 is 0 Å². The largest absolute Gasteiger partial charge is 0.388 e. The summed E-state index contributed by atoms with van der Waals surface area (Å²) in [6.07, 6.45) is 3.86. The third-order valence-corrected chi connectivity index (χ3v) is 4.43. The smallest absolute Gasteiger partial charge is 0.221 e. The Morgan fingerprint density at radius 3 is 2.26 bits per heavy atom. The maximum Gasteiger partial charge on any atom is 0.221 e. The number of carbonyl (C=O) groups is 1. The number of nitrogens with two attached hydrogens (primary N) is 1. The predicted molar refractivity (Wildman–Crippen MR) is 77.6 cm³/mol. The first-order valence-electron chi connectivity index (χ1n) is 7.38. The average molecular weight is 270 g/mol. The van der Waals surface area contributed by atoms with Crippen LogP contribution in [-0.2, 0) is 4.79 Å². The Labute approximate surface area is 117 Å². The van der Waals surface area contributed by atoms with Crippen LogP contribution in [0.4, 0.5) is 0 Å². The van der Waals surface area contributed by atoms with E-state index in [2.05, 4.69) is 19.2 Å². The molecular formula is C15H30N2O2. The number of carbonyl (C=O) groups excluding carboxylic acids is 1. The predicted octanol–water partition coefficient (Wildman–Crippen LogP) is 1.81. The lowest BCUT2D eigenvalue weighted by Gasteiger charge is -2.40. The number of nitrogens with one attached hydrogen (secondary N) is 1. The van der Waals surface area contributed by atoms with Crippen molar-refractivity contribution in [1.29, 1.82) is 0 Å². The van der Waals surface area contributed by atoms with E-state index in [1.165, 1.54) is 0 Å². The fourth-order valence-electron chi connectivity index (χ4n) is 2.35. The maximum atomic E-state index is 11.8. The third kappa shape index (κ3) is 5.49. The van der Waals surface area contributed by atoms with E-state index >= 15 is 0 Å². The molecule has 19 heavy (non-hydrogen) atoms. The lowest BCUT2D eigenvalue weighted by Crippen LogP contribution is -2.47. The van der Waals surface area contributed by atoms with Crippen LogP contribution in [-0.4, -0.2) is 29.2 Å². The first-order valence-corrected chi connectivity index (χ1v) is 7.38. The first kappa shape index (κ1) is 16.4. The van der Waals surface area contributed by atoms with Crippen LogP contribution in [0.3, 0.4) is 0 Å². The van der Waals surface area contributed by atoms with E-state index in [1.807, 2.05) is 13.8 Å². The average Bonchev–Trinajstić information content (AvgIpc) is 2.31. The van der Waals surface area contributed by atoms with Crippen LogP contribution in [0.1, 0.15) is 59.8 Å². The molecule has 1 amide bonds. The molecule has 0 aliphatic heterocycles. The monoisotopic (exact) mass is 270 g/mol. The summed E-state index contributed by atoms with van der Waals surface area (Å²) in [5.41, 5.74) is 5.46. The Morgan fingerprint density at radius 2 is 1.79 bits per heavy atom. The molecule has 4 nitrogen and oxygen atoms in total. The normalized spacial score (nSPS) is 23.1. The second-order valence-electron chi connectivity index (χ2n) is 7.28. The lowest BCUT2D eigenvalue weighted by molar-refractivity contribution is -0.123. The van der Waals surface area contributed by atoms with Crippen LogP contribution in [0.5, 0.6) is 0 Å². The highest BCUT2D eigenvalue weighted by atomic mass is 16.3. The minimum absolute atomic E-state index is 0.0561. The van der Waals surface area contributed by atoms with Gasteiger partial charge in [-0.2, -0.15) is 0 Å². The van der Waals surface area contributed by atoms with Crippen molar-refractivity contribution in [2.24, 2.45) is 17.1 Å². The molecule has 1 atom stereocenters. The third-order valence-electron chi connectivity index (χ3n) is 4.43. The van der Waals surface area contributed by atoms with Gasteiger partial charge in [0.25, 0.3) is 0 Å². The number of hydrogen-bond donors (Lipinski definition) is 3. The Balaban J connectivity index is 2.34. The summed E-state index contributed by atoms with van der Waals surface area (Å²) in [5, 5.41) is 13.3. The Bertz CT molecular complexity index is 303. The van der Waals surface area contributed by atoms with Crippen molar-refractivity contribution in [2.75, 3.05) is 6.54 Å². The molecule has 0 aromatic rings. The molecule has 4 heteroatoms. The highest BCUT2D eigenvalue weighted by molar-refractivity contribution is 5.76. The van der Waals surface area contributed by atoms with Crippen LogP contribution in [0.2, 0.25) is 0 Å². The van der Waals surface area contributed by atoms with E-state index in [0.717, 1.165) is 25.7 Å². The summed E-state index contributed by atoms with van der Waals surface area (Å²) in [5.74, 6) is 0.240. The molecule has 0 aromatic carbocycles. The molecule has 0 radical (unpaired) electrons. The summed E-state index contributed by atoms with van der Waals surface area (Å²) in [6.45, 7) is 8.83. The van der Waals surface area contributed by atoms with Crippen LogP contribution in [0.25, 0.3) is 0 Å². The van der Waals surface area contributed by atoms with Crippen molar-refractivity contribution in [2.45, 2.75) is 71.4 Å². The fraction of sp³-hybridized carbons (Fsp3) is 0.933. The Hall–Kier alpha value is -0.610. The van der Waals surface area contributed by atoms with Crippen molar-refractivity contribution in [3.05, 3.63) is 0 Å². The van der Waals surface area contributed by atoms with E-state index in [-0.39, 0.29) is 11.9 Å². The van der Waals surface area contributed by atoms with E-state index in [4.69, 9.17) is 5.73 Å². The zero-order valence-electron chi connectivity index (χ0n) is 12.8. The van der Waals surface area contributed by atoms with Gasteiger partial charge in [-0.15, -0.1) is 0 Å². The standard InChI is InChI=1S/C15H30N2O2/c1-11(2)12(16)9-13(18)17-10-15(19)7-5-14(3,4)6-8-15/h11-12,19H,5-10,16H2,1-4H3,(H,17,18). The Morgan fingerprint density at radius 1 is 1.26 bits per heavy atom. The minimum Gasteiger partial charge on any atom is -0.388 e. The highest BCUT2D eigenvalue weighted by Crippen LogP contribution is 2.39. The molecule has 1 unspecified atom stereocenters. The Kier molecular flexibility index (Phi) is 5.39. The summed E-state index contributed by atoms with van der Waals surface area (Å²) in [6, 6.07) is -0.111. The molecule has 1 aliphatic rings. The number of amides is 1. The minimum atomic E-state index is -0.729. The molecule has 0 heterocycles. The van der Waals surface area contributed by atoms with Crippen molar-refractivity contribution < 1.29 is 9.90 Å². The maximum absolute atomic E-state index is 11.8. The lowest BCUT2D eigenvalue weighted by atomic mass is 9.71. The van der Waals surface area contributed by atoms with Crippen LogP contribution >= 0.6 is 0 Å². The first-order chi connectivity index (χ1) is 8.64. The van der Waals surface area contributed by atoms with Crippen LogP contribution in [0.15, 0.2) is 0 Å². The van der Waals surface area contributed by atoms with E-state index in [0.29, 0.717) is 24.3 Å². The van der Waals surface area contributed by atoms with Gasteiger partial charge in [-0.05, 0) is 37.0 Å². The van der Waals surface area contributed by atoms with E-state index < -0.39 is 5.60 Å². The topological polar surface area (TPSA) is 75.4 Å². The molecule has 1 rings (SSSR count). The van der Waals surface area contributed by atoms with Crippen LogP contribution in [0, 0.1) is 11.3 Å². The van der Waals surface area contributed by atoms with Gasteiger partial charge in [-0.3, -0.25) is 4.79 Å². The molecule has 1 saturated carbocycles. The zero-order valence-corrected chi connectivity index (χ0v) is 12.8. The van der Waals surface area contributed by atoms with Gasteiger partial charge < -0.3 is 16.2 Å². The molecular weight excluding hydrogens is 240 g/mol. The second kappa shape index (κ2) is 6.23. The summed E-state index contributed by atoms with van der Waals surface area (Å²) in [4.78, 5) is 11.8. The summed E-state index contributed by atoms with van der Waals surface area (Å²) < 4.78 is 0. The second-order valence-corrected chi connectivity index (χ2v) is 7.28. The number of hydrogen-bond acceptors (Lipinski definition) is 3. The van der Waals surface area contributed by atoms with Gasteiger partial charge in [0, 0.05) is 19.0 Å². The number of aliphatic hydroxyl groups is 1. The molecule has 0 bridgehead atoms. The molecule has 4 N–H and O–H groups in total. The van der Waals surface area contributed by atoms with E-state index in [1.54, 1.807) is 0 Å². The van der Waals surface area contributed by atoms with Crippen molar-refractivity contribution in [1.82, 2.24) is 5.32 Å². The van der Waals surface area contributed by atoms with Gasteiger partial charge in [-0.25, -0.2) is 0 Å². The highest BCUT2D eigenvalue weighted by Gasteiger charge is 2.36. The van der Waals surface area contributed by atoms with Crippen molar-refractivity contribution in [3.63, 3.8) is 0 Å². The molecule has 1 fully saturated rings. The molecule has 112 valence electrons. The zero-order chi connectivity index (χ0) is 14.7. The molecule has 1 aliphatic carbocycles. The van der Waals surface area contributed by atoms with Crippen molar-refractivity contribution >= 4 is 5.91 Å². The van der Waals surface area contributed by atoms with Crippen LogP contribution < -0.4 is 11.1 Å². The quantitative estimate of drug-likeness (QED) is 0.713. The van der Waals surface area contributed by atoms with Gasteiger partial charge in [0.05, 0.1) is 5.60 Å². The van der Waals surface area contributed by atoms with Crippen molar-refractivity contribution in [3.8, 4) is 0 Å². The molecule has 0 saturated heterocycles. The molecule has 0 spiro atoms. The summed E-state index contributed by atoms with van der Waals surface area (Å²) in [7, 11) is 0. The van der Waals surface area contributed by atoms with Gasteiger partial charge in [0.15, 0.2) is 0 Å². The van der Waals surface area contributed by atoms with Gasteiger partial charge in [0.2, 0.25) is 5.91 Å². The van der Waals surface area contributed by atoms with Gasteiger partial charge in [0.1, 0.15) is 0 Å². The molecule has 0 aromatic heterocycles.